The second kappa shape index (κ2) is 7.62. The van der Waals surface area contributed by atoms with Crippen molar-refractivity contribution in [2.45, 2.75) is 26.3 Å². The van der Waals surface area contributed by atoms with E-state index >= 15 is 0 Å². The van der Waals surface area contributed by atoms with Gasteiger partial charge in [0, 0.05) is 0 Å². The molecular formula is C13H10F5NO4. The zero-order valence-electron chi connectivity index (χ0n) is 11.6. The van der Waals surface area contributed by atoms with Gasteiger partial charge in [-0.05, 0) is 18.6 Å². The molecule has 0 aliphatic carbocycles. The minimum absolute atomic E-state index is 0.0270. The van der Waals surface area contributed by atoms with E-state index in [1.54, 1.807) is 0 Å². The van der Waals surface area contributed by atoms with Gasteiger partial charge in [-0.3, -0.25) is 4.79 Å². The van der Waals surface area contributed by atoms with Crippen LogP contribution in [0.3, 0.4) is 0 Å². The molecule has 0 spiro atoms. The second-order valence-corrected chi connectivity index (χ2v) is 3.95. The van der Waals surface area contributed by atoms with Crippen LogP contribution in [0.1, 0.15) is 18.1 Å². The Morgan fingerprint density at radius 2 is 2.00 bits per heavy atom. The summed E-state index contributed by atoms with van der Waals surface area (Å²) in [5.41, 5.74) is -0.916. The van der Waals surface area contributed by atoms with E-state index < -0.39 is 42.4 Å². The first-order valence-corrected chi connectivity index (χ1v) is 6.10. The summed E-state index contributed by atoms with van der Waals surface area (Å²) in [4.78, 5) is 11.4. The maximum absolute atomic E-state index is 12.4. The number of nitrogens with zero attached hydrogens (tertiary/aromatic N) is 1. The zero-order valence-corrected chi connectivity index (χ0v) is 11.6. The molecule has 0 aromatic heterocycles. The average molecular weight is 339 g/mol. The molecule has 1 aromatic carbocycles. The lowest BCUT2D eigenvalue weighted by molar-refractivity contribution is -0.275. The fraction of sp³-hybridized carbons (Fsp3) is 0.385. The third-order valence-electron chi connectivity index (χ3n) is 2.39. The first kappa shape index (κ1) is 18.5. The third-order valence-corrected chi connectivity index (χ3v) is 2.39. The van der Waals surface area contributed by atoms with Crippen LogP contribution in [-0.2, 0) is 16.0 Å². The van der Waals surface area contributed by atoms with Crippen LogP contribution in [0.2, 0.25) is 0 Å². The molecule has 126 valence electrons. The fourth-order valence-corrected chi connectivity index (χ4v) is 1.65. The summed E-state index contributed by atoms with van der Waals surface area (Å²) in [6, 6.07) is 3.15. The molecule has 0 aliphatic rings. The van der Waals surface area contributed by atoms with Crippen molar-refractivity contribution in [2.75, 3.05) is 6.61 Å². The molecule has 0 aliphatic heterocycles. The molecule has 10 heteroatoms. The van der Waals surface area contributed by atoms with Crippen LogP contribution in [-0.4, -0.2) is 25.6 Å². The van der Waals surface area contributed by atoms with Crippen molar-refractivity contribution in [2.24, 2.45) is 0 Å². The van der Waals surface area contributed by atoms with Crippen molar-refractivity contribution in [1.82, 2.24) is 0 Å². The van der Waals surface area contributed by atoms with Gasteiger partial charge in [-0.15, -0.1) is 13.2 Å². The Morgan fingerprint density at radius 3 is 2.48 bits per heavy atom. The van der Waals surface area contributed by atoms with Crippen molar-refractivity contribution in [3.05, 3.63) is 23.3 Å². The molecule has 0 fully saturated rings. The minimum Gasteiger partial charge on any atom is -0.466 e. The molecule has 0 saturated carbocycles. The van der Waals surface area contributed by atoms with Gasteiger partial charge < -0.3 is 14.2 Å². The molecular weight excluding hydrogens is 329 g/mol. The second-order valence-electron chi connectivity index (χ2n) is 3.95. The molecule has 1 aromatic rings. The fourth-order valence-electron chi connectivity index (χ4n) is 1.65. The Hall–Kier alpha value is -2.57. The number of hydrogen-bond donors (Lipinski definition) is 0. The third kappa shape index (κ3) is 5.61. The zero-order chi connectivity index (χ0) is 17.6. The Morgan fingerprint density at radius 1 is 1.35 bits per heavy atom. The van der Waals surface area contributed by atoms with Crippen molar-refractivity contribution >= 4 is 5.97 Å². The minimum atomic E-state index is -5.24. The van der Waals surface area contributed by atoms with Crippen LogP contribution in [0.15, 0.2) is 12.1 Å². The lowest BCUT2D eigenvalue weighted by atomic mass is 10.0. The summed E-state index contributed by atoms with van der Waals surface area (Å²) in [5, 5.41) is 9.00. The van der Waals surface area contributed by atoms with E-state index in [1.807, 2.05) is 0 Å². The highest BCUT2D eigenvalue weighted by molar-refractivity contribution is 5.74. The van der Waals surface area contributed by atoms with Gasteiger partial charge in [-0.2, -0.15) is 14.0 Å². The van der Waals surface area contributed by atoms with E-state index in [-0.39, 0.29) is 12.2 Å². The molecule has 23 heavy (non-hydrogen) atoms. The smallest absolute Gasteiger partial charge is 0.466 e. The van der Waals surface area contributed by atoms with Crippen LogP contribution < -0.4 is 9.47 Å². The maximum Gasteiger partial charge on any atom is 0.573 e. The summed E-state index contributed by atoms with van der Waals surface area (Å²) in [7, 11) is 0. The van der Waals surface area contributed by atoms with E-state index in [0.29, 0.717) is 0 Å². The number of esters is 1. The number of alkyl halides is 5. The number of halogens is 5. The summed E-state index contributed by atoms with van der Waals surface area (Å²) >= 11 is 0. The normalized spacial score (nSPS) is 11.0. The van der Waals surface area contributed by atoms with Gasteiger partial charge in [-0.1, -0.05) is 6.07 Å². The topological polar surface area (TPSA) is 68.6 Å². The Balaban J connectivity index is 3.33. The largest absolute Gasteiger partial charge is 0.573 e. The monoisotopic (exact) mass is 339 g/mol. The number of benzene rings is 1. The predicted octanol–water partition coefficient (Wildman–Crippen LogP) is 3.16. The van der Waals surface area contributed by atoms with Crippen molar-refractivity contribution in [3.63, 3.8) is 0 Å². The molecule has 0 unspecified atom stereocenters. The summed E-state index contributed by atoms with van der Waals surface area (Å²) in [6.45, 7) is -1.88. The molecule has 0 N–H and O–H groups in total. The van der Waals surface area contributed by atoms with Crippen molar-refractivity contribution in [3.8, 4) is 17.6 Å². The average Bonchev–Trinajstić information content (AvgIpc) is 2.40. The van der Waals surface area contributed by atoms with E-state index in [9.17, 15) is 26.7 Å². The SMILES string of the molecule is CCOC(=O)Cc1ccc(OC(F)F)c(OC(F)(F)F)c1C#N. The molecule has 0 amide bonds. The summed E-state index contributed by atoms with van der Waals surface area (Å²) in [5.74, 6) is -3.01. The van der Waals surface area contributed by atoms with Crippen LogP contribution >= 0.6 is 0 Å². The van der Waals surface area contributed by atoms with Gasteiger partial charge in [0.2, 0.25) is 0 Å². The van der Waals surface area contributed by atoms with E-state index in [1.165, 1.54) is 13.0 Å². The van der Waals surface area contributed by atoms with Crippen LogP contribution in [0.5, 0.6) is 11.5 Å². The van der Waals surface area contributed by atoms with E-state index in [2.05, 4.69) is 14.2 Å². The summed E-state index contributed by atoms with van der Waals surface area (Å²) in [6.07, 6.45) is -5.77. The first-order chi connectivity index (χ1) is 10.7. The Kier molecular flexibility index (Phi) is 6.12. The van der Waals surface area contributed by atoms with Gasteiger partial charge in [0.1, 0.15) is 11.6 Å². The number of hydrogen-bond acceptors (Lipinski definition) is 5. The predicted molar refractivity (Wildman–Crippen MR) is 64.8 cm³/mol. The van der Waals surface area contributed by atoms with Gasteiger partial charge in [0.15, 0.2) is 11.5 Å². The highest BCUT2D eigenvalue weighted by Gasteiger charge is 2.35. The van der Waals surface area contributed by atoms with Gasteiger partial charge in [-0.25, -0.2) is 0 Å². The van der Waals surface area contributed by atoms with Crippen LogP contribution in [0.4, 0.5) is 22.0 Å². The van der Waals surface area contributed by atoms with Crippen LogP contribution in [0.25, 0.3) is 0 Å². The number of nitriles is 1. The van der Waals surface area contributed by atoms with Crippen LogP contribution in [0, 0.1) is 11.3 Å². The quantitative estimate of drug-likeness (QED) is 0.588. The van der Waals surface area contributed by atoms with Gasteiger partial charge >= 0.3 is 18.9 Å². The molecule has 0 bridgehead atoms. The van der Waals surface area contributed by atoms with Crippen molar-refractivity contribution < 1.29 is 41.0 Å². The standard InChI is InChI=1S/C13H10F5NO4/c1-2-21-10(20)5-7-3-4-9(22-12(14)15)11(8(7)6-19)23-13(16,17)18/h3-4,12H,2,5H2,1H3. The van der Waals surface area contributed by atoms with Gasteiger partial charge in [0.05, 0.1) is 13.0 Å². The number of carbonyl (C=O) groups is 1. The molecule has 5 nitrogen and oxygen atoms in total. The molecule has 0 radical (unpaired) electrons. The number of ether oxygens (including phenoxy) is 3. The van der Waals surface area contributed by atoms with Gasteiger partial charge in [0.25, 0.3) is 0 Å². The van der Waals surface area contributed by atoms with E-state index in [4.69, 9.17) is 5.26 Å². The molecule has 0 saturated heterocycles. The Labute approximate surface area is 127 Å². The molecule has 0 heterocycles. The first-order valence-electron chi connectivity index (χ1n) is 6.10. The summed E-state index contributed by atoms with van der Waals surface area (Å²) < 4.78 is 73.9. The molecule has 0 atom stereocenters. The van der Waals surface area contributed by atoms with Crippen molar-refractivity contribution in [1.29, 1.82) is 5.26 Å². The maximum atomic E-state index is 12.4. The highest BCUT2D eigenvalue weighted by atomic mass is 19.4. The molecule has 1 rings (SSSR count). The number of carbonyl (C=O) groups excluding carboxylic acids is 1. The highest BCUT2D eigenvalue weighted by Crippen LogP contribution is 2.38. The number of rotatable bonds is 6. The lowest BCUT2D eigenvalue weighted by Gasteiger charge is -2.16. The van der Waals surface area contributed by atoms with E-state index in [0.717, 1.165) is 12.1 Å². The Bertz CT molecular complexity index is 610. The lowest BCUT2D eigenvalue weighted by Crippen LogP contribution is -2.20.